The van der Waals surface area contributed by atoms with Crippen LogP contribution in [0.1, 0.15) is 38.2 Å². The third-order valence-corrected chi connectivity index (χ3v) is 4.54. The van der Waals surface area contributed by atoms with Gasteiger partial charge in [-0.2, -0.15) is 0 Å². The van der Waals surface area contributed by atoms with Crippen LogP contribution in [0.3, 0.4) is 0 Å². The van der Waals surface area contributed by atoms with Crippen LogP contribution in [-0.2, 0) is 16.1 Å². The zero-order chi connectivity index (χ0) is 16.1. The lowest BCUT2D eigenvalue weighted by atomic mass is 9.91. The van der Waals surface area contributed by atoms with Gasteiger partial charge in [-0.3, -0.25) is 4.90 Å². The number of rotatable bonds is 5. The standard InChI is InChI=1S/C19H25NO3/c1-2-3-7-16-10-17-13-22-14-18(11-16)20(17)19(21)23-12-15-8-5-4-6-9-15/h4-6,8-10,17-18H,2-3,7,11-14H2,1H3. The van der Waals surface area contributed by atoms with Crippen molar-refractivity contribution in [2.24, 2.45) is 0 Å². The zero-order valence-electron chi connectivity index (χ0n) is 13.7. The Kier molecular flexibility index (Phi) is 5.34. The minimum Gasteiger partial charge on any atom is -0.445 e. The minimum atomic E-state index is -0.224. The molecule has 1 amide bonds. The number of carbonyl (C=O) groups excluding carboxylic acids is 1. The Balaban J connectivity index is 1.62. The fourth-order valence-corrected chi connectivity index (χ4v) is 3.35. The minimum absolute atomic E-state index is 0.0256. The molecule has 2 aliphatic rings. The van der Waals surface area contributed by atoms with Crippen molar-refractivity contribution in [2.45, 2.75) is 51.3 Å². The summed E-state index contributed by atoms with van der Waals surface area (Å²) >= 11 is 0. The van der Waals surface area contributed by atoms with Crippen LogP contribution in [0.5, 0.6) is 0 Å². The van der Waals surface area contributed by atoms with Gasteiger partial charge in [0.25, 0.3) is 0 Å². The van der Waals surface area contributed by atoms with Gasteiger partial charge >= 0.3 is 6.09 Å². The van der Waals surface area contributed by atoms with E-state index in [0.29, 0.717) is 19.8 Å². The third-order valence-electron chi connectivity index (χ3n) is 4.54. The molecule has 0 spiro atoms. The van der Waals surface area contributed by atoms with Crippen molar-refractivity contribution in [3.8, 4) is 0 Å². The van der Waals surface area contributed by atoms with E-state index in [2.05, 4.69) is 13.0 Å². The molecule has 2 aliphatic heterocycles. The van der Waals surface area contributed by atoms with Gasteiger partial charge in [-0.05, 0) is 24.8 Å². The Morgan fingerprint density at radius 3 is 2.87 bits per heavy atom. The summed E-state index contributed by atoms with van der Waals surface area (Å²) in [6, 6.07) is 9.95. The van der Waals surface area contributed by atoms with E-state index in [1.807, 2.05) is 35.2 Å². The van der Waals surface area contributed by atoms with Gasteiger partial charge in [0, 0.05) is 0 Å². The summed E-state index contributed by atoms with van der Waals surface area (Å²) in [5, 5.41) is 0. The molecule has 2 bridgehead atoms. The summed E-state index contributed by atoms with van der Waals surface area (Å²) < 4.78 is 11.2. The molecule has 23 heavy (non-hydrogen) atoms. The molecule has 1 aromatic rings. The molecule has 2 heterocycles. The molecule has 2 unspecified atom stereocenters. The van der Waals surface area contributed by atoms with Gasteiger partial charge in [-0.25, -0.2) is 4.79 Å². The number of nitrogens with zero attached hydrogens (tertiary/aromatic N) is 1. The summed E-state index contributed by atoms with van der Waals surface area (Å²) in [5.74, 6) is 0. The van der Waals surface area contributed by atoms with Crippen LogP contribution in [-0.4, -0.2) is 36.3 Å². The number of amides is 1. The topological polar surface area (TPSA) is 38.8 Å². The lowest BCUT2D eigenvalue weighted by Gasteiger charge is -2.43. The average molecular weight is 315 g/mol. The molecule has 1 saturated heterocycles. The quantitative estimate of drug-likeness (QED) is 0.773. The van der Waals surface area contributed by atoms with Gasteiger partial charge in [0.05, 0.1) is 25.3 Å². The van der Waals surface area contributed by atoms with Crippen LogP contribution < -0.4 is 0 Å². The number of hydrogen-bond acceptors (Lipinski definition) is 3. The molecule has 0 aliphatic carbocycles. The van der Waals surface area contributed by atoms with Gasteiger partial charge in [-0.1, -0.05) is 55.3 Å². The van der Waals surface area contributed by atoms with Gasteiger partial charge in [0.1, 0.15) is 6.61 Å². The van der Waals surface area contributed by atoms with E-state index in [0.717, 1.165) is 18.4 Å². The highest BCUT2D eigenvalue weighted by Crippen LogP contribution is 2.30. The SMILES string of the molecule is CCCCC1=CC2COCC(C1)N2C(=O)OCc1ccccc1. The molecule has 0 radical (unpaired) electrons. The predicted octanol–water partition coefficient (Wildman–Crippen LogP) is 3.91. The lowest BCUT2D eigenvalue weighted by molar-refractivity contribution is -0.0375. The van der Waals surface area contributed by atoms with Crippen molar-refractivity contribution in [3.05, 3.63) is 47.5 Å². The number of fused-ring (bicyclic) bond motifs is 2. The maximum absolute atomic E-state index is 12.5. The Morgan fingerprint density at radius 1 is 1.30 bits per heavy atom. The summed E-state index contributed by atoms with van der Waals surface area (Å²) in [7, 11) is 0. The highest BCUT2D eigenvalue weighted by Gasteiger charge is 2.38. The van der Waals surface area contributed by atoms with E-state index in [-0.39, 0.29) is 18.2 Å². The van der Waals surface area contributed by atoms with Crippen LogP contribution in [0.4, 0.5) is 4.79 Å². The first-order valence-electron chi connectivity index (χ1n) is 8.54. The highest BCUT2D eigenvalue weighted by atomic mass is 16.6. The van der Waals surface area contributed by atoms with E-state index < -0.39 is 0 Å². The van der Waals surface area contributed by atoms with E-state index in [1.165, 1.54) is 18.4 Å². The molecular formula is C19H25NO3. The van der Waals surface area contributed by atoms with E-state index in [1.54, 1.807) is 0 Å². The van der Waals surface area contributed by atoms with Crippen LogP contribution >= 0.6 is 0 Å². The van der Waals surface area contributed by atoms with Crippen LogP contribution in [0, 0.1) is 0 Å². The second kappa shape index (κ2) is 7.64. The van der Waals surface area contributed by atoms with Gasteiger partial charge < -0.3 is 9.47 Å². The molecule has 1 fully saturated rings. The molecule has 0 saturated carbocycles. The summed E-state index contributed by atoms with van der Waals surface area (Å²) in [6.07, 6.45) is 6.46. The summed E-state index contributed by atoms with van der Waals surface area (Å²) in [4.78, 5) is 14.4. The Labute approximate surface area is 138 Å². The van der Waals surface area contributed by atoms with Crippen molar-refractivity contribution in [3.63, 3.8) is 0 Å². The number of carbonyl (C=O) groups is 1. The maximum atomic E-state index is 12.5. The normalized spacial score (nSPS) is 23.3. The number of hydrogen-bond donors (Lipinski definition) is 0. The van der Waals surface area contributed by atoms with Gasteiger partial charge in [0.2, 0.25) is 0 Å². The van der Waals surface area contributed by atoms with E-state index in [4.69, 9.17) is 9.47 Å². The second-order valence-electron chi connectivity index (χ2n) is 6.34. The molecular weight excluding hydrogens is 290 g/mol. The molecule has 0 N–H and O–H groups in total. The highest BCUT2D eigenvalue weighted by molar-refractivity contribution is 5.69. The molecule has 4 heteroatoms. The van der Waals surface area contributed by atoms with Crippen molar-refractivity contribution < 1.29 is 14.3 Å². The Bertz CT molecular complexity index is 555. The van der Waals surface area contributed by atoms with Crippen molar-refractivity contribution in [1.82, 2.24) is 4.90 Å². The van der Waals surface area contributed by atoms with Gasteiger partial charge in [0.15, 0.2) is 0 Å². The second-order valence-corrected chi connectivity index (χ2v) is 6.34. The molecule has 0 aromatic heterocycles. The van der Waals surface area contributed by atoms with E-state index >= 15 is 0 Å². The first-order chi connectivity index (χ1) is 11.3. The predicted molar refractivity (Wildman–Crippen MR) is 89.1 cm³/mol. The largest absolute Gasteiger partial charge is 0.445 e. The summed E-state index contributed by atoms with van der Waals surface area (Å²) in [5.41, 5.74) is 2.48. The monoisotopic (exact) mass is 315 g/mol. The first-order valence-corrected chi connectivity index (χ1v) is 8.54. The Hall–Kier alpha value is -1.81. The number of ether oxygens (including phenoxy) is 2. The molecule has 2 atom stereocenters. The maximum Gasteiger partial charge on any atom is 0.411 e. The molecule has 3 rings (SSSR count). The molecule has 1 aromatic carbocycles. The average Bonchev–Trinajstić information content (AvgIpc) is 2.58. The smallest absolute Gasteiger partial charge is 0.411 e. The molecule has 4 nitrogen and oxygen atoms in total. The number of morpholine rings is 1. The van der Waals surface area contributed by atoms with Crippen molar-refractivity contribution >= 4 is 6.09 Å². The summed E-state index contributed by atoms with van der Waals surface area (Å²) in [6.45, 7) is 3.72. The number of unbranched alkanes of at least 4 members (excludes halogenated alkanes) is 1. The number of benzene rings is 1. The van der Waals surface area contributed by atoms with Crippen LogP contribution in [0.15, 0.2) is 42.0 Å². The van der Waals surface area contributed by atoms with Crippen LogP contribution in [0.2, 0.25) is 0 Å². The van der Waals surface area contributed by atoms with Crippen molar-refractivity contribution in [1.29, 1.82) is 0 Å². The Morgan fingerprint density at radius 2 is 2.13 bits per heavy atom. The van der Waals surface area contributed by atoms with E-state index in [9.17, 15) is 4.79 Å². The van der Waals surface area contributed by atoms with Crippen molar-refractivity contribution in [2.75, 3.05) is 13.2 Å². The van der Waals surface area contributed by atoms with Crippen LogP contribution in [0.25, 0.3) is 0 Å². The van der Waals surface area contributed by atoms with Gasteiger partial charge in [-0.15, -0.1) is 0 Å². The third kappa shape index (κ3) is 3.94. The fraction of sp³-hybridized carbons (Fsp3) is 0.526. The lowest BCUT2D eigenvalue weighted by Crippen LogP contribution is -2.56. The zero-order valence-corrected chi connectivity index (χ0v) is 13.7. The molecule has 124 valence electrons. The fourth-order valence-electron chi connectivity index (χ4n) is 3.35. The first kappa shape index (κ1) is 16.1.